The maximum absolute atomic E-state index is 5.92. The van der Waals surface area contributed by atoms with Crippen molar-refractivity contribution in [2.24, 2.45) is 0 Å². The maximum Gasteiger partial charge on any atom is 0.242 e. The molecule has 1 aromatic rings. The van der Waals surface area contributed by atoms with Gasteiger partial charge in [-0.15, -0.1) is 0 Å². The highest BCUT2D eigenvalue weighted by Crippen LogP contribution is 2.25. The first kappa shape index (κ1) is 11.9. The summed E-state index contributed by atoms with van der Waals surface area (Å²) in [4.78, 5) is 10.4. The lowest BCUT2D eigenvalue weighted by molar-refractivity contribution is 0.263. The fourth-order valence-corrected chi connectivity index (χ4v) is 2.00. The molecule has 0 radical (unpaired) electrons. The second-order valence-corrected chi connectivity index (χ2v) is 4.37. The molecule has 0 unspecified atom stereocenters. The summed E-state index contributed by atoms with van der Waals surface area (Å²) in [5.41, 5.74) is 6.40. The molecule has 6 nitrogen and oxygen atoms in total. The van der Waals surface area contributed by atoms with E-state index in [1.807, 2.05) is 0 Å². The SMILES string of the molecule is COc1ncnc(NC2CCN(C)CC2)c1N. The minimum atomic E-state index is 0.424. The zero-order chi connectivity index (χ0) is 12.3. The molecule has 0 bridgehead atoms. The van der Waals surface area contributed by atoms with E-state index in [2.05, 4.69) is 27.2 Å². The Morgan fingerprint density at radius 3 is 2.76 bits per heavy atom. The molecule has 6 heteroatoms. The number of nitrogen functional groups attached to an aromatic ring is 1. The first-order chi connectivity index (χ1) is 8.20. The number of hydrogen-bond donors (Lipinski definition) is 2. The summed E-state index contributed by atoms with van der Waals surface area (Å²) in [6.45, 7) is 2.19. The molecule has 0 atom stereocenters. The van der Waals surface area contributed by atoms with Gasteiger partial charge in [0.15, 0.2) is 5.82 Å². The van der Waals surface area contributed by atoms with Crippen LogP contribution < -0.4 is 15.8 Å². The normalized spacial score (nSPS) is 18.0. The van der Waals surface area contributed by atoms with Crippen LogP contribution in [-0.4, -0.2) is 48.2 Å². The second-order valence-electron chi connectivity index (χ2n) is 4.37. The molecule has 17 heavy (non-hydrogen) atoms. The van der Waals surface area contributed by atoms with E-state index < -0.39 is 0 Å². The van der Waals surface area contributed by atoms with E-state index in [-0.39, 0.29) is 0 Å². The third kappa shape index (κ3) is 2.76. The molecule has 1 aromatic heterocycles. The lowest BCUT2D eigenvalue weighted by atomic mass is 10.1. The topological polar surface area (TPSA) is 76.3 Å². The Morgan fingerprint density at radius 1 is 1.41 bits per heavy atom. The molecule has 0 saturated carbocycles. The first-order valence-electron chi connectivity index (χ1n) is 5.80. The zero-order valence-corrected chi connectivity index (χ0v) is 10.3. The van der Waals surface area contributed by atoms with Gasteiger partial charge in [-0.3, -0.25) is 0 Å². The average molecular weight is 237 g/mol. The van der Waals surface area contributed by atoms with Crippen LogP contribution in [0.15, 0.2) is 6.33 Å². The van der Waals surface area contributed by atoms with Gasteiger partial charge in [-0.2, -0.15) is 4.98 Å². The van der Waals surface area contributed by atoms with Crippen LogP contribution in [0.2, 0.25) is 0 Å². The predicted octanol–water partition coefficient (Wildman–Crippen LogP) is 0.573. The van der Waals surface area contributed by atoms with Crippen molar-refractivity contribution < 1.29 is 4.74 Å². The van der Waals surface area contributed by atoms with E-state index in [1.165, 1.54) is 6.33 Å². The van der Waals surface area contributed by atoms with E-state index in [9.17, 15) is 0 Å². The van der Waals surface area contributed by atoms with Crippen molar-refractivity contribution in [2.75, 3.05) is 38.3 Å². The van der Waals surface area contributed by atoms with Crippen LogP contribution in [0.4, 0.5) is 11.5 Å². The molecule has 1 aliphatic heterocycles. The lowest BCUT2D eigenvalue weighted by Gasteiger charge is -2.30. The van der Waals surface area contributed by atoms with Crippen molar-refractivity contribution in [3.8, 4) is 5.88 Å². The van der Waals surface area contributed by atoms with Crippen molar-refractivity contribution in [2.45, 2.75) is 18.9 Å². The van der Waals surface area contributed by atoms with Gasteiger partial charge in [-0.05, 0) is 33.0 Å². The summed E-state index contributed by atoms with van der Waals surface area (Å²) in [6.07, 6.45) is 3.66. The minimum Gasteiger partial charge on any atom is -0.479 e. The number of aromatic nitrogens is 2. The van der Waals surface area contributed by atoms with E-state index in [4.69, 9.17) is 10.5 Å². The highest BCUT2D eigenvalue weighted by atomic mass is 16.5. The number of nitrogens with one attached hydrogen (secondary N) is 1. The standard InChI is InChI=1S/C11H19N5O/c1-16-5-3-8(4-6-16)15-10-9(12)11(17-2)14-7-13-10/h7-8H,3-6,12H2,1-2H3,(H,13,14,15). The number of likely N-dealkylation sites (tertiary alicyclic amines) is 1. The molecule has 1 fully saturated rings. The van der Waals surface area contributed by atoms with E-state index in [0.29, 0.717) is 23.4 Å². The summed E-state index contributed by atoms with van der Waals surface area (Å²) < 4.78 is 5.07. The molecule has 0 amide bonds. The van der Waals surface area contributed by atoms with Crippen molar-refractivity contribution in [1.29, 1.82) is 0 Å². The van der Waals surface area contributed by atoms with Gasteiger partial charge in [-0.1, -0.05) is 0 Å². The summed E-state index contributed by atoms with van der Waals surface area (Å²) in [5, 5.41) is 3.36. The van der Waals surface area contributed by atoms with Gasteiger partial charge >= 0.3 is 0 Å². The number of anilines is 2. The fourth-order valence-electron chi connectivity index (χ4n) is 2.00. The van der Waals surface area contributed by atoms with Gasteiger partial charge in [0.25, 0.3) is 0 Å². The van der Waals surface area contributed by atoms with Gasteiger partial charge in [-0.25, -0.2) is 4.98 Å². The molecular weight excluding hydrogens is 218 g/mol. The van der Waals surface area contributed by atoms with Gasteiger partial charge in [0.2, 0.25) is 5.88 Å². The Balaban J connectivity index is 2.03. The van der Waals surface area contributed by atoms with Crippen LogP contribution in [0, 0.1) is 0 Å². The van der Waals surface area contributed by atoms with E-state index >= 15 is 0 Å². The third-order valence-corrected chi connectivity index (χ3v) is 3.10. The number of nitrogens with two attached hydrogens (primary N) is 1. The first-order valence-corrected chi connectivity index (χ1v) is 5.80. The fraction of sp³-hybridized carbons (Fsp3) is 0.636. The molecule has 1 saturated heterocycles. The molecule has 94 valence electrons. The molecule has 2 rings (SSSR count). The molecule has 1 aliphatic rings. The predicted molar refractivity (Wildman–Crippen MR) is 67.1 cm³/mol. The Bertz CT molecular complexity index is 376. The van der Waals surface area contributed by atoms with Crippen molar-refractivity contribution >= 4 is 11.5 Å². The number of ether oxygens (including phenoxy) is 1. The molecule has 0 spiro atoms. The lowest BCUT2D eigenvalue weighted by Crippen LogP contribution is -2.37. The number of hydrogen-bond acceptors (Lipinski definition) is 6. The Kier molecular flexibility index (Phi) is 3.63. The molecular formula is C11H19N5O. The summed E-state index contributed by atoms with van der Waals surface area (Å²) in [5.74, 6) is 1.10. The Labute approximate surface area is 101 Å². The highest BCUT2D eigenvalue weighted by molar-refractivity contribution is 5.66. The maximum atomic E-state index is 5.92. The summed E-state index contributed by atoms with van der Waals surface area (Å²) in [7, 11) is 3.69. The van der Waals surface area contributed by atoms with Crippen LogP contribution in [0.25, 0.3) is 0 Å². The van der Waals surface area contributed by atoms with Gasteiger partial charge in [0.05, 0.1) is 7.11 Å². The van der Waals surface area contributed by atoms with Crippen LogP contribution in [0.1, 0.15) is 12.8 Å². The second kappa shape index (κ2) is 5.18. The van der Waals surface area contributed by atoms with Crippen molar-refractivity contribution in [1.82, 2.24) is 14.9 Å². The van der Waals surface area contributed by atoms with Crippen LogP contribution in [-0.2, 0) is 0 Å². The zero-order valence-electron chi connectivity index (χ0n) is 10.3. The number of methoxy groups -OCH3 is 1. The number of nitrogens with zero attached hydrogens (tertiary/aromatic N) is 3. The van der Waals surface area contributed by atoms with E-state index in [0.717, 1.165) is 25.9 Å². The molecule has 3 N–H and O–H groups in total. The van der Waals surface area contributed by atoms with Crippen LogP contribution in [0.3, 0.4) is 0 Å². The average Bonchev–Trinajstić information content (AvgIpc) is 2.35. The molecule has 2 heterocycles. The van der Waals surface area contributed by atoms with Gasteiger partial charge in [0, 0.05) is 6.04 Å². The smallest absolute Gasteiger partial charge is 0.242 e. The van der Waals surface area contributed by atoms with Gasteiger partial charge in [0.1, 0.15) is 12.0 Å². The summed E-state index contributed by atoms with van der Waals surface area (Å²) >= 11 is 0. The minimum absolute atomic E-state index is 0.424. The molecule has 0 aliphatic carbocycles. The quantitative estimate of drug-likeness (QED) is 0.800. The highest BCUT2D eigenvalue weighted by Gasteiger charge is 2.18. The largest absolute Gasteiger partial charge is 0.479 e. The van der Waals surface area contributed by atoms with Crippen molar-refractivity contribution in [3.05, 3.63) is 6.33 Å². The third-order valence-electron chi connectivity index (χ3n) is 3.10. The number of rotatable bonds is 3. The summed E-state index contributed by atoms with van der Waals surface area (Å²) in [6, 6.07) is 0.424. The Morgan fingerprint density at radius 2 is 2.12 bits per heavy atom. The van der Waals surface area contributed by atoms with Gasteiger partial charge < -0.3 is 20.7 Å². The van der Waals surface area contributed by atoms with E-state index in [1.54, 1.807) is 7.11 Å². The number of piperidine rings is 1. The van der Waals surface area contributed by atoms with Crippen LogP contribution in [0.5, 0.6) is 5.88 Å². The van der Waals surface area contributed by atoms with Crippen LogP contribution >= 0.6 is 0 Å². The van der Waals surface area contributed by atoms with Crippen molar-refractivity contribution in [3.63, 3.8) is 0 Å². The Hall–Kier alpha value is -1.56. The monoisotopic (exact) mass is 237 g/mol. The molecule has 0 aromatic carbocycles.